The molecule has 3 atom stereocenters. The van der Waals surface area contributed by atoms with Crippen molar-refractivity contribution in [2.75, 3.05) is 4.90 Å². The lowest BCUT2D eigenvalue weighted by molar-refractivity contribution is -0.384. The van der Waals surface area contributed by atoms with Crippen molar-refractivity contribution in [2.24, 2.45) is 5.92 Å². The molecule has 0 radical (unpaired) electrons. The van der Waals surface area contributed by atoms with Crippen LogP contribution in [-0.4, -0.2) is 27.9 Å². The number of nitro benzene ring substituents is 1. The highest BCUT2D eigenvalue weighted by Gasteiger charge is 2.43. The SMILES string of the molecule is CCCC1C2CC=CC2c2cc(C(=O)O)ccc2N1C(=O)c1cccc([N+](=O)[O-])c1. The maximum Gasteiger partial charge on any atom is 0.335 e. The zero-order valence-corrected chi connectivity index (χ0v) is 16.5. The lowest BCUT2D eigenvalue weighted by atomic mass is 9.76. The summed E-state index contributed by atoms with van der Waals surface area (Å²) in [4.78, 5) is 37.5. The smallest absolute Gasteiger partial charge is 0.335 e. The molecule has 1 aliphatic heterocycles. The highest BCUT2D eigenvalue weighted by Crippen LogP contribution is 2.49. The summed E-state index contributed by atoms with van der Waals surface area (Å²) in [7, 11) is 0. The molecule has 0 fully saturated rings. The fraction of sp³-hybridized carbons (Fsp3) is 0.304. The number of amides is 1. The summed E-state index contributed by atoms with van der Waals surface area (Å²) in [5, 5.41) is 20.6. The topological polar surface area (TPSA) is 101 Å². The van der Waals surface area contributed by atoms with Gasteiger partial charge in [0.1, 0.15) is 0 Å². The number of benzene rings is 2. The van der Waals surface area contributed by atoms with E-state index in [0.29, 0.717) is 5.69 Å². The third-order valence-electron chi connectivity index (χ3n) is 6.04. The Morgan fingerprint density at radius 1 is 1.20 bits per heavy atom. The number of hydrogen-bond acceptors (Lipinski definition) is 4. The Morgan fingerprint density at radius 3 is 2.70 bits per heavy atom. The van der Waals surface area contributed by atoms with E-state index in [0.717, 1.165) is 24.8 Å². The van der Waals surface area contributed by atoms with E-state index in [-0.39, 0.29) is 40.6 Å². The van der Waals surface area contributed by atoms with Crippen LogP contribution in [0.25, 0.3) is 0 Å². The van der Waals surface area contributed by atoms with Crippen LogP contribution in [0.3, 0.4) is 0 Å². The van der Waals surface area contributed by atoms with Crippen LogP contribution in [0.1, 0.15) is 58.4 Å². The second-order valence-corrected chi connectivity index (χ2v) is 7.77. The maximum absolute atomic E-state index is 13.6. The van der Waals surface area contributed by atoms with E-state index in [9.17, 15) is 24.8 Å². The van der Waals surface area contributed by atoms with Gasteiger partial charge < -0.3 is 10.0 Å². The molecule has 4 rings (SSSR count). The molecule has 2 aromatic rings. The van der Waals surface area contributed by atoms with E-state index in [1.54, 1.807) is 23.1 Å². The first-order chi connectivity index (χ1) is 14.4. The number of allylic oxidation sites excluding steroid dienone is 2. The van der Waals surface area contributed by atoms with Crippen molar-refractivity contribution >= 4 is 23.3 Å². The molecule has 2 aromatic carbocycles. The summed E-state index contributed by atoms with van der Waals surface area (Å²) in [5.41, 5.74) is 1.81. The average molecular weight is 406 g/mol. The fourth-order valence-corrected chi connectivity index (χ4v) is 4.74. The Hall–Kier alpha value is -3.48. The molecular weight excluding hydrogens is 384 g/mol. The monoisotopic (exact) mass is 406 g/mol. The second-order valence-electron chi connectivity index (χ2n) is 7.77. The number of anilines is 1. The van der Waals surface area contributed by atoms with Gasteiger partial charge in [-0.05, 0) is 48.6 Å². The van der Waals surface area contributed by atoms with Crippen molar-refractivity contribution in [3.8, 4) is 0 Å². The first-order valence-corrected chi connectivity index (χ1v) is 10.0. The van der Waals surface area contributed by atoms with Crippen LogP contribution < -0.4 is 4.90 Å². The standard InChI is InChI=1S/C23H22N2O5/c1-2-5-20-18-9-4-8-17(18)19-13-15(23(27)28)10-11-21(19)24(20)22(26)14-6-3-7-16(12-14)25(29)30/h3-4,6-8,10-13,17-18,20H,2,5,9H2,1H3,(H,27,28). The Morgan fingerprint density at radius 2 is 2.00 bits per heavy atom. The van der Waals surface area contributed by atoms with E-state index < -0.39 is 10.9 Å². The van der Waals surface area contributed by atoms with Gasteiger partial charge in [-0.3, -0.25) is 14.9 Å². The summed E-state index contributed by atoms with van der Waals surface area (Å²) in [6, 6.07) is 10.6. The average Bonchev–Trinajstić information content (AvgIpc) is 3.23. The van der Waals surface area contributed by atoms with Gasteiger partial charge >= 0.3 is 5.97 Å². The minimum atomic E-state index is -1.01. The second kappa shape index (κ2) is 7.74. The summed E-state index contributed by atoms with van der Waals surface area (Å²) >= 11 is 0. The predicted molar refractivity (Wildman–Crippen MR) is 112 cm³/mol. The third-order valence-corrected chi connectivity index (χ3v) is 6.04. The zero-order valence-electron chi connectivity index (χ0n) is 16.5. The van der Waals surface area contributed by atoms with Gasteiger partial charge in [-0.2, -0.15) is 0 Å². The number of aromatic carboxylic acids is 1. The molecule has 1 N–H and O–H groups in total. The Labute approximate surface area is 173 Å². The number of carboxylic acids is 1. The molecule has 0 aromatic heterocycles. The molecule has 7 heteroatoms. The quantitative estimate of drug-likeness (QED) is 0.437. The number of carbonyl (C=O) groups is 2. The van der Waals surface area contributed by atoms with Crippen LogP contribution in [0.15, 0.2) is 54.6 Å². The molecule has 1 heterocycles. The summed E-state index contributed by atoms with van der Waals surface area (Å²) in [6.07, 6.45) is 6.69. The Bertz CT molecular complexity index is 1060. The molecule has 7 nitrogen and oxygen atoms in total. The minimum absolute atomic E-state index is 0.0602. The number of fused-ring (bicyclic) bond motifs is 3. The van der Waals surface area contributed by atoms with Crippen LogP contribution >= 0.6 is 0 Å². The number of carbonyl (C=O) groups excluding carboxylic acids is 1. The number of carboxylic acid groups (broad SMARTS) is 1. The summed E-state index contributed by atoms with van der Waals surface area (Å²) in [5.74, 6) is -1.09. The Balaban J connectivity index is 1.85. The van der Waals surface area contributed by atoms with E-state index in [1.807, 2.05) is 0 Å². The van der Waals surface area contributed by atoms with Crippen molar-refractivity contribution in [1.82, 2.24) is 0 Å². The zero-order chi connectivity index (χ0) is 21.4. The van der Waals surface area contributed by atoms with E-state index in [4.69, 9.17) is 0 Å². The van der Waals surface area contributed by atoms with Gasteiger partial charge in [0, 0.05) is 35.3 Å². The molecule has 2 aliphatic rings. The van der Waals surface area contributed by atoms with Crippen LogP contribution in [0.4, 0.5) is 11.4 Å². The van der Waals surface area contributed by atoms with Crippen LogP contribution in [0.2, 0.25) is 0 Å². The molecule has 0 spiro atoms. The van der Waals surface area contributed by atoms with Crippen molar-refractivity contribution in [1.29, 1.82) is 0 Å². The predicted octanol–water partition coefficient (Wildman–Crippen LogP) is 4.78. The van der Waals surface area contributed by atoms with Crippen LogP contribution in [0.5, 0.6) is 0 Å². The molecule has 1 amide bonds. The summed E-state index contributed by atoms with van der Waals surface area (Å²) in [6.45, 7) is 2.07. The van der Waals surface area contributed by atoms with E-state index >= 15 is 0 Å². The van der Waals surface area contributed by atoms with Gasteiger partial charge in [0.2, 0.25) is 0 Å². The maximum atomic E-state index is 13.6. The van der Waals surface area contributed by atoms with E-state index in [2.05, 4.69) is 19.1 Å². The van der Waals surface area contributed by atoms with Crippen molar-refractivity contribution in [2.45, 2.75) is 38.1 Å². The van der Waals surface area contributed by atoms with Gasteiger partial charge in [-0.1, -0.05) is 31.6 Å². The van der Waals surface area contributed by atoms with Gasteiger partial charge in [0.15, 0.2) is 0 Å². The van der Waals surface area contributed by atoms with Gasteiger partial charge in [0.25, 0.3) is 11.6 Å². The molecule has 1 aliphatic carbocycles. The van der Waals surface area contributed by atoms with Crippen molar-refractivity contribution in [3.05, 3.63) is 81.4 Å². The first kappa shape index (κ1) is 19.8. The summed E-state index contributed by atoms with van der Waals surface area (Å²) < 4.78 is 0. The Kier molecular flexibility index (Phi) is 5.11. The number of non-ortho nitro benzene ring substituents is 1. The highest BCUT2D eigenvalue weighted by molar-refractivity contribution is 6.08. The molecule has 0 saturated carbocycles. The number of nitro groups is 1. The van der Waals surface area contributed by atoms with Gasteiger partial charge in [0.05, 0.1) is 10.5 Å². The minimum Gasteiger partial charge on any atom is -0.478 e. The van der Waals surface area contributed by atoms with Crippen molar-refractivity contribution in [3.63, 3.8) is 0 Å². The largest absolute Gasteiger partial charge is 0.478 e. The lowest BCUT2D eigenvalue weighted by Gasteiger charge is -2.44. The molecule has 30 heavy (non-hydrogen) atoms. The number of hydrogen-bond donors (Lipinski definition) is 1. The molecule has 0 saturated heterocycles. The van der Waals surface area contributed by atoms with Crippen LogP contribution in [-0.2, 0) is 0 Å². The lowest BCUT2D eigenvalue weighted by Crippen LogP contribution is -2.49. The molecule has 154 valence electrons. The first-order valence-electron chi connectivity index (χ1n) is 10.0. The number of nitrogens with zero attached hydrogens (tertiary/aromatic N) is 2. The van der Waals surface area contributed by atoms with Crippen molar-refractivity contribution < 1.29 is 19.6 Å². The van der Waals surface area contributed by atoms with E-state index in [1.165, 1.54) is 24.3 Å². The molecule has 0 bridgehead atoms. The normalized spacial score (nSPS) is 21.8. The van der Waals surface area contributed by atoms with Crippen LogP contribution in [0, 0.1) is 16.0 Å². The molecular formula is C23H22N2O5. The fourth-order valence-electron chi connectivity index (χ4n) is 4.74. The third kappa shape index (κ3) is 3.26. The van der Waals surface area contributed by atoms with Gasteiger partial charge in [-0.25, -0.2) is 4.79 Å². The number of rotatable bonds is 5. The molecule has 3 unspecified atom stereocenters. The highest BCUT2D eigenvalue weighted by atomic mass is 16.6. The van der Waals surface area contributed by atoms with Gasteiger partial charge in [-0.15, -0.1) is 0 Å².